The van der Waals surface area contributed by atoms with E-state index in [-0.39, 0.29) is 12.1 Å². The molecule has 1 aliphatic heterocycles. The predicted molar refractivity (Wildman–Crippen MR) is 57.5 cm³/mol. The van der Waals surface area contributed by atoms with E-state index < -0.39 is 0 Å². The van der Waals surface area contributed by atoms with Crippen LogP contribution in [0.5, 0.6) is 0 Å². The van der Waals surface area contributed by atoms with Gasteiger partial charge in [0.25, 0.3) is 0 Å². The Labute approximate surface area is 91.2 Å². The number of hydrogen-bond donors (Lipinski definition) is 1. The number of aliphatic hydroxyl groups excluding tert-OH is 1. The highest BCUT2D eigenvalue weighted by molar-refractivity contribution is 5.69. The highest BCUT2D eigenvalue weighted by Crippen LogP contribution is 2.10. The minimum Gasteiger partial charge on any atom is -0.466 e. The zero-order valence-electron chi connectivity index (χ0n) is 9.45. The Kier molecular flexibility index (Phi) is 5.65. The lowest BCUT2D eigenvalue weighted by molar-refractivity contribution is -0.143. The molecule has 0 spiro atoms. The summed E-state index contributed by atoms with van der Waals surface area (Å²) in [5.74, 6) is -0.102. The third-order valence-corrected chi connectivity index (χ3v) is 2.72. The van der Waals surface area contributed by atoms with Crippen molar-refractivity contribution in [3.63, 3.8) is 0 Å². The maximum atomic E-state index is 11.1. The van der Waals surface area contributed by atoms with E-state index >= 15 is 0 Å². The molecule has 0 unspecified atom stereocenters. The molecule has 0 aliphatic carbocycles. The van der Waals surface area contributed by atoms with Gasteiger partial charge in [0.15, 0.2) is 0 Å². The van der Waals surface area contributed by atoms with Gasteiger partial charge < -0.3 is 14.7 Å². The van der Waals surface area contributed by atoms with Gasteiger partial charge >= 0.3 is 5.97 Å². The van der Waals surface area contributed by atoms with Crippen molar-refractivity contribution >= 4 is 5.97 Å². The Morgan fingerprint density at radius 3 is 2.73 bits per heavy atom. The number of hydrogen-bond acceptors (Lipinski definition) is 4. The topological polar surface area (TPSA) is 49.8 Å². The average Bonchev–Trinajstić information content (AvgIpc) is 2.21. The van der Waals surface area contributed by atoms with Crippen LogP contribution in [0, 0.1) is 0 Å². The summed E-state index contributed by atoms with van der Waals surface area (Å²) in [4.78, 5) is 13.4. The van der Waals surface area contributed by atoms with Crippen molar-refractivity contribution in [2.24, 2.45) is 0 Å². The molecule has 0 radical (unpaired) electrons. The summed E-state index contributed by atoms with van der Waals surface area (Å²) in [6.07, 6.45) is 2.96. The van der Waals surface area contributed by atoms with Crippen LogP contribution in [0.3, 0.4) is 0 Å². The molecule has 0 aromatic heterocycles. The second kappa shape index (κ2) is 6.80. The van der Waals surface area contributed by atoms with Crippen LogP contribution in [-0.4, -0.2) is 48.3 Å². The van der Waals surface area contributed by atoms with Gasteiger partial charge in [-0.2, -0.15) is 0 Å². The van der Waals surface area contributed by atoms with Gasteiger partial charge in [0.05, 0.1) is 12.7 Å². The van der Waals surface area contributed by atoms with Crippen LogP contribution in [0.4, 0.5) is 0 Å². The van der Waals surface area contributed by atoms with Gasteiger partial charge in [0.1, 0.15) is 0 Å². The second-order valence-electron chi connectivity index (χ2n) is 3.98. The number of nitrogens with zero attached hydrogens (tertiary/aromatic N) is 1. The fraction of sp³-hybridized carbons (Fsp3) is 0.909. The number of esters is 1. The lowest BCUT2D eigenvalue weighted by Gasteiger charge is -2.29. The molecule has 88 valence electrons. The monoisotopic (exact) mass is 215 g/mol. The SMILES string of the molecule is CCOC(=O)CCCN1CCC(O)CC1. The summed E-state index contributed by atoms with van der Waals surface area (Å²) in [5.41, 5.74) is 0. The van der Waals surface area contributed by atoms with E-state index in [2.05, 4.69) is 4.90 Å². The van der Waals surface area contributed by atoms with Gasteiger partial charge in [-0.3, -0.25) is 4.79 Å². The molecule has 0 amide bonds. The normalized spacial score (nSPS) is 19.1. The summed E-state index contributed by atoms with van der Waals surface area (Å²) in [7, 11) is 0. The molecule has 0 bridgehead atoms. The van der Waals surface area contributed by atoms with E-state index in [1.165, 1.54) is 0 Å². The van der Waals surface area contributed by atoms with Crippen LogP contribution < -0.4 is 0 Å². The smallest absolute Gasteiger partial charge is 0.305 e. The second-order valence-corrected chi connectivity index (χ2v) is 3.98. The van der Waals surface area contributed by atoms with E-state index in [0.717, 1.165) is 38.9 Å². The fourth-order valence-corrected chi connectivity index (χ4v) is 1.82. The number of carbonyl (C=O) groups is 1. The van der Waals surface area contributed by atoms with E-state index in [9.17, 15) is 9.90 Å². The van der Waals surface area contributed by atoms with Crippen molar-refractivity contribution in [2.45, 2.75) is 38.7 Å². The van der Waals surface area contributed by atoms with Crippen LogP contribution in [0.25, 0.3) is 0 Å². The van der Waals surface area contributed by atoms with Crippen molar-refractivity contribution in [3.8, 4) is 0 Å². The number of rotatable bonds is 5. The van der Waals surface area contributed by atoms with Crippen molar-refractivity contribution in [3.05, 3.63) is 0 Å². The average molecular weight is 215 g/mol. The first-order chi connectivity index (χ1) is 7.22. The molecule has 0 aromatic carbocycles. The van der Waals surface area contributed by atoms with Crippen LogP contribution in [-0.2, 0) is 9.53 Å². The van der Waals surface area contributed by atoms with Crippen molar-refractivity contribution < 1.29 is 14.6 Å². The Balaban J connectivity index is 2.02. The van der Waals surface area contributed by atoms with Crippen molar-refractivity contribution in [2.75, 3.05) is 26.2 Å². The third kappa shape index (κ3) is 5.14. The quantitative estimate of drug-likeness (QED) is 0.689. The molecule has 4 nitrogen and oxygen atoms in total. The molecule has 1 saturated heterocycles. The zero-order valence-corrected chi connectivity index (χ0v) is 9.45. The van der Waals surface area contributed by atoms with E-state index in [4.69, 9.17) is 4.74 Å². The Morgan fingerprint density at radius 1 is 1.47 bits per heavy atom. The largest absolute Gasteiger partial charge is 0.466 e. The summed E-state index contributed by atoms with van der Waals surface area (Å²) < 4.78 is 4.85. The van der Waals surface area contributed by atoms with Crippen LogP contribution in [0.15, 0.2) is 0 Å². The molecule has 1 aliphatic rings. The molecule has 0 aromatic rings. The minimum absolute atomic E-state index is 0.102. The Morgan fingerprint density at radius 2 is 2.13 bits per heavy atom. The summed E-state index contributed by atoms with van der Waals surface area (Å²) in [5, 5.41) is 9.31. The Bertz CT molecular complexity index is 188. The third-order valence-electron chi connectivity index (χ3n) is 2.72. The van der Waals surface area contributed by atoms with Crippen LogP contribution >= 0.6 is 0 Å². The molecule has 1 heterocycles. The lowest BCUT2D eigenvalue weighted by Crippen LogP contribution is -2.36. The van der Waals surface area contributed by atoms with Crippen LogP contribution in [0.1, 0.15) is 32.6 Å². The summed E-state index contributed by atoms with van der Waals surface area (Å²) in [6, 6.07) is 0. The summed E-state index contributed by atoms with van der Waals surface area (Å²) >= 11 is 0. The van der Waals surface area contributed by atoms with Gasteiger partial charge in [-0.05, 0) is 32.7 Å². The van der Waals surface area contributed by atoms with Gasteiger partial charge in [-0.1, -0.05) is 0 Å². The van der Waals surface area contributed by atoms with Gasteiger partial charge in [0.2, 0.25) is 0 Å². The molecule has 0 saturated carbocycles. The first kappa shape index (κ1) is 12.5. The van der Waals surface area contributed by atoms with Gasteiger partial charge in [-0.25, -0.2) is 0 Å². The number of ether oxygens (including phenoxy) is 1. The first-order valence-electron chi connectivity index (χ1n) is 5.78. The highest BCUT2D eigenvalue weighted by Gasteiger charge is 2.16. The zero-order chi connectivity index (χ0) is 11.1. The van der Waals surface area contributed by atoms with E-state index in [1.54, 1.807) is 0 Å². The number of aliphatic hydroxyl groups is 1. The molecule has 1 N–H and O–H groups in total. The maximum Gasteiger partial charge on any atom is 0.305 e. The van der Waals surface area contributed by atoms with E-state index in [0.29, 0.717) is 13.0 Å². The number of likely N-dealkylation sites (tertiary alicyclic amines) is 1. The molecule has 0 atom stereocenters. The van der Waals surface area contributed by atoms with Crippen molar-refractivity contribution in [1.82, 2.24) is 4.90 Å². The molecule has 4 heteroatoms. The molecular weight excluding hydrogens is 194 g/mol. The highest BCUT2D eigenvalue weighted by atomic mass is 16.5. The van der Waals surface area contributed by atoms with Gasteiger partial charge in [-0.15, -0.1) is 0 Å². The van der Waals surface area contributed by atoms with E-state index in [1.807, 2.05) is 6.92 Å². The van der Waals surface area contributed by atoms with Crippen LogP contribution in [0.2, 0.25) is 0 Å². The molecule has 1 rings (SSSR count). The number of piperidine rings is 1. The molecule has 1 fully saturated rings. The standard InChI is InChI=1S/C11H21NO3/c1-2-15-11(14)4-3-7-12-8-5-10(13)6-9-12/h10,13H,2-9H2,1H3. The number of carbonyl (C=O) groups excluding carboxylic acids is 1. The molecule has 15 heavy (non-hydrogen) atoms. The fourth-order valence-electron chi connectivity index (χ4n) is 1.82. The minimum atomic E-state index is -0.119. The lowest BCUT2D eigenvalue weighted by atomic mass is 10.1. The molecular formula is C11H21NO3. The predicted octanol–water partition coefficient (Wildman–Crippen LogP) is 0.786. The maximum absolute atomic E-state index is 11.1. The first-order valence-corrected chi connectivity index (χ1v) is 5.78. The Hall–Kier alpha value is -0.610. The van der Waals surface area contributed by atoms with Crippen molar-refractivity contribution in [1.29, 1.82) is 0 Å². The summed E-state index contributed by atoms with van der Waals surface area (Å²) in [6.45, 7) is 5.12. The van der Waals surface area contributed by atoms with Gasteiger partial charge in [0, 0.05) is 19.5 Å².